The maximum Gasteiger partial charge on any atom is 0.250 e. The number of ether oxygens (including phenoxy) is 1. The quantitative estimate of drug-likeness (QED) is 0.705. The maximum absolute atomic E-state index is 11.8. The van der Waals surface area contributed by atoms with Gasteiger partial charge in [-0.15, -0.1) is 5.10 Å². The Morgan fingerprint density at radius 1 is 1.36 bits per heavy atom. The van der Waals surface area contributed by atoms with Gasteiger partial charge in [0.05, 0.1) is 5.69 Å². The van der Waals surface area contributed by atoms with Crippen molar-refractivity contribution in [1.82, 2.24) is 19.8 Å². The number of hydrogen-bond acceptors (Lipinski definition) is 4. The molecule has 2 N–H and O–H groups in total. The molecular weight excluding hydrogens is 342 g/mol. The molecule has 0 bridgehead atoms. The number of aryl methyl sites for hydroxylation is 1. The monoisotopic (exact) mass is 361 g/mol. The third-order valence-electron chi connectivity index (χ3n) is 3.52. The van der Waals surface area contributed by atoms with Crippen molar-refractivity contribution < 1.29 is 9.53 Å². The minimum Gasteiger partial charge on any atom is -0.371 e. The summed E-state index contributed by atoms with van der Waals surface area (Å²) in [6.45, 7) is 6.55. The highest BCUT2D eigenvalue weighted by Gasteiger charge is 2.13. The van der Waals surface area contributed by atoms with Crippen molar-refractivity contribution in [3.05, 3.63) is 35.0 Å². The summed E-state index contributed by atoms with van der Waals surface area (Å²) in [5, 5.41) is 10.7. The van der Waals surface area contributed by atoms with Gasteiger partial charge in [0, 0.05) is 17.9 Å². The Kier molecular flexibility index (Phi) is 5.06. The summed E-state index contributed by atoms with van der Waals surface area (Å²) in [4.78, 5) is 16.3. The van der Waals surface area contributed by atoms with Gasteiger partial charge >= 0.3 is 0 Å². The Morgan fingerprint density at radius 2 is 2.08 bits per heavy atom. The van der Waals surface area contributed by atoms with Crippen LogP contribution in [0.1, 0.15) is 19.5 Å². The Bertz CT molecular complexity index is 882. The summed E-state index contributed by atoms with van der Waals surface area (Å²) >= 11 is 6.17. The van der Waals surface area contributed by atoms with Crippen LogP contribution >= 0.6 is 11.6 Å². The molecule has 25 heavy (non-hydrogen) atoms. The molecule has 0 fully saturated rings. The number of aromatic amines is 1. The Morgan fingerprint density at radius 3 is 2.72 bits per heavy atom. The van der Waals surface area contributed by atoms with E-state index in [1.165, 1.54) is 0 Å². The lowest BCUT2D eigenvalue weighted by atomic mass is 10.2. The summed E-state index contributed by atoms with van der Waals surface area (Å²) in [7, 11) is 0. The predicted octanol–water partition coefficient (Wildman–Crippen LogP) is 3.30. The van der Waals surface area contributed by atoms with Crippen molar-refractivity contribution in [1.29, 1.82) is 0 Å². The highest BCUT2D eigenvalue weighted by molar-refractivity contribution is 6.34. The number of carbonyl (C=O) groups excluding carboxylic acids is 1. The molecule has 0 saturated heterocycles. The van der Waals surface area contributed by atoms with Crippen LogP contribution in [0.15, 0.2) is 24.3 Å². The van der Waals surface area contributed by atoms with E-state index in [1.807, 2.05) is 32.9 Å². The lowest BCUT2D eigenvalue weighted by Gasteiger charge is -2.08. The fourth-order valence-electron chi connectivity index (χ4n) is 2.32. The Balaban J connectivity index is 1.66. The van der Waals surface area contributed by atoms with E-state index in [-0.39, 0.29) is 12.5 Å². The lowest BCUT2D eigenvalue weighted by Crippen LogP contribution is -2.19. The zero-order valence-electron chi connectivity index (χ0n) is 14.3. The fourth-order valence-corrected chi connectivity index (χ4v) is 2.48. The Labute approximate surface area is 150 Å². The van der Waals surface area contributed by atoms with E-state index in [4.69, 9.17) is 16.3 Å². The number of H-pyrrole nitrogens is 1. The second-order valence-corrected chi connectivity index (χ2v) is 6.63. The first kappa shape index (κ1) is 17.4. The van der Waals surface area contributed by atoms with Crippen LogP contribution in [0.25, 0.3) is 17.0 Å². The van der Waals surface area contributed by atoms with Crippen LogP contribution in [0.2, 0.25) is 5.02 Å². The van der Waals surface area contributed by atoms with Gasteiger partial charge in [0.2, 0.25) is 5.91 Å². The number of rotatable bonds is 6. The molecule has 7 nitrogen and oxygen atoms in total. The SMILES string of the molecule is Cc1[nH]n2nc(-c3ccc(NC(=O)COCC(C)C)cc3)nc2c1Cl. The van der Waals surface area contributed by atoms with Gasteiger partial charge in [-0.25, -0.2) is 4.98 Å². The number of fused-ring (bicyclic) bond motifs is 1. The van der Waals surface area contributed by atoms with Crippen LogP contribution in [-0.4, -0.2) is 38.9 Å². The van der Waals surface area contributed by atoms with E-state index in [9.17, 15) is 4.79 Å². The standard InChI is InChI=1S/C17H20ClN5O2/c1-10(2)8-25-9-14(24)19-13-6-4-12(5-7-13)16-20-17-15(18)11(3)21-23(17)22-16/h4-7,10,21H,8-9H2,1-3H3,(H,19,24). The third kappa shape index (κ3) is 4.00. The predicted molar refractivity (Wildman–Crippen MR) is 96.8 cm³/mol. The number of aromatic nitrogens is 4. The van der Waals surface area contributed by atoms with Crippen molar-refractivity contribution in [3.63, 3.8) is 0 Å². The molecule has 132 valence electrons. The van der Waals surface area contributed by atoms with Crippen LogP contribution < -0.4 is 5.32 Å². The molecule has 2 aromatic heterocycles. The molecule has 8 heteroatoms. The van der Waals surface area contributed by atoms with Crippen LogP contribution in [0, 0.1) is 12.8 Å². The van der Waals surface area contributed by atoms with Gasteiger partial charge in [0.1, 0.15) is 11.6 Å². The minimum absolute atomic E-state index is 0.0467. The number of nitrogens with zero attached hydrogens (tertiary/aromatic N) is 3. The fraction of sp³-hybridized carbons (Fsp3) is 0.353. The van der Waals surface area contributed by atoms with Gasteiger partial charge in [-0.05, 0) is 37.1 Å². The van der Waals surface area contributed by atoms with E-state index >= 15 is 0 Å². The molecule has 3 aromatic rings. The number of hydrogen-bond donors (Lipinski definition) is 2. The molecule has 0 spiro atoms. The van der Waals surface area contributed by atoms with Crippen molar-refractivity contribution in [3.8, 4) is 11.4 Å². The highest BCUT2D eigenvalue weighted by Crippen LogP contribution is 2.24. The molecule has 0 aliphatic rings. The molecule has 3 rings (SSSR count). The molecular formula is C17H20ClN5O2. The van der Waals surface area contributed by atoms with Gasteiger partial charge in [0.25, 0.3) is 0 Å². The summed E-state index contributed by atoms with van der Waals surface area (Å²) < 4.78 is 6.87. The number of halogens is 1. The van der Waals surface area contributed by atoms with E-state index in [2.05, 4.69) is 20.5 Å². The lowest BCUT2D eigenvalue weighted by molar-refractivity contribution is -0.120. The number of carbonyl (C=O) groups is 1. The van der Waals surface area contributed by atoms with Gasteiger partial charge < -0.3 is 10.1 Å². The number of anilines is 1. The molecule has 2 heterocycles. The summed E-state index contributed by atoms with van der Waals surface area (Å²) in [6, 6.07) is 7.30. The third-order valence-corrected chi connectivity index (χ3v) is 3.97. The average molecular weight is 362 g/mol. The second-order valence-electron chi connectivity index (χ2n) is 6.26. The van der Waals surface area contributed by atoms with Gasteiger partial charge in [0.15, 0.2) is 11.5 Å². The van der Waals surface area contributed by atoms with E-state index < -0.39 is 0 Å². The first-order chi connectivity index (χ1) is 11.9. The zero-order valence-corrected chi connectivity index (χ0v) is 15.1. The van der Waals surface area contributed by atoms with Crippen molar-refractivity contribution in [2.45, 2.75) is 20.8 Å². The zero-order chi connectivity index (χ0) is 18.0. The van der Waals surface area contributed by atoms with Crippen LogP contribution in [0.3, 0.4) is 0 Å². The molecule has 0 atom stereocenters. The molecule has 0 aliphatic carbocycles. The normalized spacial score (nSPS) is 11.4. The van der Waals surface area contributed by atoms with E-state index in [0.717, 1.165) is 11.3 Å². The van der Waals surface area contributed by atoms with Crippen molar-refractivity contribution in [2.75, 3.05) is 18.5 Å². The number of nitrogens with one attached hydrogen (secondary N) is 2. The maximum atomic E-state index is 11.8. The topological polar surface area (TPSA) is 84.3 Å². The van der Waals surface area contributed by atoms with Gasteiger partial charge in [-0.2, -0.15) is 4.63 Å². The molecule has 0 saturated carbocycles. The van der Waals surface area contributed by atoms with E-state index in [0.29, 0.717) is 34.7 Å². The average Bonchev–Trinajstić information content (AvgIpc) is 3.08. The van der Waals surface area contributed by atoms with Gasteiger partial charge in [-0.1, -0.05) is 25.4 Å². The molecule has 1 amide bonds. The van der Waals surface area contributed by atoms with Crippen LogP contribution in [0.5, 0.6) is 0 Å². The summed E-state index contributed by atoms with van der Waals surface area (Å²) in [6.07, 6.45) is 0. The first-order valence-corrected chi connectivity index (χ1v) is 8.40. The summed E-state index contributed by atoms with van der Waals surface area (Å²) in [5.74, 6) is 0.785. The van der Waals surface area contributed by atoms with E-state index in [1.54, 1.807) is 16.8 Å². The van der Waals surface area contributed by atoms with Gasteiger partial charge in [-0.3, -0.25) is 9.89 Å². The smallest absolute Gasteiger partial charge is 0.250 e. The largest absolute Gasteiger partial charge is 0.371 e. The Hall–Kier alpha value is -2.38. The first-order valence-electron chi connectivity index (χ1n) is 8.03. The molecule has 1 aromatic carbocycles. The summed E-state index contributed by atoms with van der Waals surface area (Å²) in [5.41, 5.74) is 2.94. The van der Waals surface area contributed by atoms with Crippen molar-refractivity contribution in [2.24, 2.45) is 5.92 Å². The molecule has 0 unspecified atom stereocenters. The number of benzene rings is 1. The molecule has 0 aliphatic heterocycles. The minimum atomic E-state index is -0.177. The van der Waals surface area contributed by atoms with Crippen LogP contribution in [-0.2, 0) is 9.53 Å². The number of amides is 1. The van der Waals surface area contributed by atoms with Crippen molar-refractivity contribution >= 4 is 28.8 Å². The second kappa shape index (κ2) is 7.25. The molecule has 0 radical (unpaired) electrons. The van der Waals surface area contributed by atoms with Crippen LogP contribution in [0.4, 0.5) is 5.69 Å². The highest BCUT2D eigenvalue weighted by atomic mass is 35.5.